The van der Waals surface area contributed by atoms with E-state index in [1.807, 2.05) is 0 Å². The topological polar surface area (TPSA) is 66.8 Å². The van der Waals surface area contributed by atoms with E-state index in [1.165, 1.54) is 0 Å². The number of ether oxygens (including phenoxy) is 1. The van der Waals surface area contributed by atoms with Crippen molar-refractivity contribution in [3.8, 4) is 0 Å². The van der Waals surface area contributed by atoms with Crippen LogP contribution in [0.3, 0.4) is 0 Å². The molecule has 0 aliphatic carbocycles. The molecule has 8 heteroatoms. The minimum Gasteiger partial charge on any atom is -0.480 e. The summed E-state index contributed by atoms with van der Waals surface area (Å²) in [6, 6.07) is 0. The summed E-state index contributed by atoms with van der Waals surface area (Å²) in [6.45, 7) is -0.765. The number of alkyl halides is 3. The zero-order valence-corrected chi connectivity index (χ0v) is 9.74. The number of nitrogens with zero attached hydrogens (tertiary/aromatic N) is 1. The lowest BCUT2D eigenvalue weighted by Gasteiger charge is -2.24. The summed E-state index contributed by atoms with van der Waals surface area (Å²) >= 11 is 0. The summed E-state index contributed by atoms with van der Waals surface area (Å²) < 4.78 is 41.9. The van der Waals surface area contributed by atoms with E-state index in [-0.39, 0.29) is 12.7 Å². The fourth-order valence-corrected chi connectivity index (χ4v) is 1.84. The van der Waals surface area contributed by atoms with Crippen molar-refractivity contribution in [3.05, 3.63) is 0 Å². The maximum absolute atomic E-state index is 12.3. The van der Waals surface area contributed by atoms with Gasteiger partial charge in [0.1, 0.15) is 13.1 Å². The van der Waals surface area contributed by atoms with E-state index in [0.29, 0.717) is 11.3 Å². The Balaban J connectivity index is 2.69. The van der Waals surface area contributed by atoms with E-state index in [9.17, 15) is 22.8 Å². The second-order valence-corrected chi connectivity index (χ2v) is 4.28. The number of halogens is 3. The molecule has 0 aromatic heterocycles. The molecule has 1 saturated heterocycles. The third-order valence-corrected chi connectivity index (χ3v) is 2.56. The van der Waals surface area contributed by atoms with Crippen LogP contribution >= 0.6 is 0 Å². The van der Waals surface area contributed by atoms with E-state index >= 15 is 0 Å². The third-order valence-electron chi connectivity index (χ3n) is 2.56. The van der Waals surface area contributed by atoms with Crippen molar-refractivity contribution in [3.63, 3.8) is 0 Å². The minimum atomic E-state index is -4.61. The summed E-state index contributed by atoms with van der Waals surface area (Å²) in [6.07, 6.45) is -4.50. The molecule has 0 aromatic rings. The molecule has 1 fully saturated rings. The molecule has 0 aromatic carbocycles. The second kappa shape index (κ2) is 5.55. The molecule has 0 radical (unpaired) electrons. The monoisotopic (exact) mass is 269 g/mol. The van der Waals surface area contributed by atoms with Crippen LogP contribution in [0, 0.1) is 5.92 Å². The van der Waals surface area contributed by atoms with Crippen LogP contribution in [0.25, 0.3) is 0 Å². The van der Waals surface area contributed by atoms with Crippen LogP contribution in [0.4, 0.5) is 13.2 Å². The number of hydrogen-bond donors (Lipinski definition) is 1. The van der Waals surface area contributed by atoms with E-state index in [0.717, 1.165) is 0 Å². The minimum absolute atomic E-state index is 0.0357. The van der Waals surface area contributed by atoms with Gasteiger partial charge in [0.05, 0.1) is 18.6 Å². The first-order valence-corrected chi connectivity index (χ1v) is 5.38. The largest absolute Gasteiger partial charge is 0.480 e. The average molecular weight is 269 g/mol. The molecule has 1 heterocycles. The van der Waals surface area contributed by atoms with Gasteiger partial charge < -0.3 is 14.7 Å². The highest BCUT2D eigenvalue weighted by Crippen LogP contribution is 2.23. The number of hydrogen-bond acceptors (Lipinski definition) is 3. The average Bonchev–Trinajstić information content (AvgIpc) is 2.59. The van der Waals surface area contributed by atoms with Crippen molar-refractivity contribution in [2.45, 2.75) is 25.6 Å². The van der Waals surface area contributed by atoms with Gasteiger partial charge in [0.2, 0.25) is 5.91 Å². The van der Waals surface area contributed by atoms with Crippen molar-refractivity contribution in [2.75, 3.05) is 19.7 Å². The number of carboxylic acid groups (broad SMARTS) is 1. The quantitative estimate of drug-likeness (QED) is 0.823. The number of carboxylic acids is 1. The fourth-order valence-electron chi connectivity index (χ4n) is 1.84. The van der Waals surface area contributed by atoms with Crippen molar-refractivity contribution in [1.82, 2.24) is 4.90 Å². The first kappa shape index (κ1) is 14.7. The predicted molar refractivity (Wildman–Crippen MR) is 53.8 cm³/mol. The molecule has 1 aliphatic heterocycles. The number of carbonyl (C=O) groups excluding carboxylic acids is 1. The van der Waals surface area contributed by atoms with Crippen molar-refractivity contribution < 1.29 is 32.6 Å². The molecule has 1 amide bonds. The SMILES string of the molecule is CC1CC(C(=O)N(CC(=O)O)CC(F)(F)F)CO1. The lowest BCUT2D eigenvalue weighted by Crippen LogP contribution is -2.45. The van der Waals surface area contributed by atoms with Gasteiger partial charge in [-0.05, 0) is 13.3 Å². The predicted octanol–water partition coefficient (Wildman–Crippen LogP) is 0.887. The molecule has 5 nitrogen and oxygen atoms in total. The van der Waals surface area contributed by atoms with Crippen LogP contribution < -0.4 is 0 Å². The first-order chi connectivity index (χ1) is 8.19. The molecule has 2 atom stereocenters. The zero-order valence-electron chi connectivity index (χ0n) is 9.74. The molecular formula is C10H14F3NO4. The third kappa shape index (κ3) is 4.52. The Bertz CT molecular complexity index is 332. The van der Waals surface area contributed by atoms with Crippen molar-refractivity contribution in [1.29, 1.82) is 0 Å². The molecule has 1 aliphatic rings. The Hall–Kier alpha value is -1.31. The van der Waals surface area contributed by atoms with Crippen molar-refractivity contribution in [2.24, 2.45) is 5.92 Å². The van der Waals surface area contributed by atoms with Gasteiger partial charge in [-0.15, -0.1) is 0 Å². The van der Waals surface area contributed by atoms with Gasteiger partial charge in [-0.2, -0.15) is 13.2 Å². The van der Waals surface area contributed by atoms with Gasteiger partial charge in [0.25, 0.3) is 0 Å². The highest BCUT2D eigenvalue weighted by molar-refractivity contribution is 5.83. The molecule has 0 bridgehead atoms. The summed E-state index contributed by atoms with van der Waals surface area (Å²) in [4.78, 5) is 22.6. The van der Waals surface area contributed by atoms with Crippen LogP contribution in [-0.2, 0) is 14.3 Å². The van der Waals surface area contributed by atoms with Gasteiger partial charge in [0.15, 0.2) is 0 Å². The van der Waals surface area contributed by atoms with Crippen LogP contribution in [-0.4, -0.2) is 53.9 Å². The molecule has 0 spiro atoms. The number of aliphatic carboxylic acids is 1. The Kier molecular flexibility index (Phi) is 4.55. The molecular weight excluding hydrogens is 255 g/mol. The highest BCUT2D eigenvalue weighted by Gasteiger charge is 2.38. The van der Waals surface area contributed by atoms with E-state index in [2.05, 4.69) is 0 Å². The van der Waals surface area contributed by atoms with Gasteiger partial charge in [-0.25, -0.2) is 0 Å². The Labute approximate surface area is 102 Å². The molecule has 1 N–H and O–H groups in total. The number of carbonyl (C=O) groups is 2. The van der Waals surface area contributed by atoms with Crippen LogP contribution in [0.15, 0.2) is 0 Å². The maximum Gasteiger partial charge on any atom is 0.406 e. The van der Waals surface area contributed by atoms with Gasteiger partial charge in [-0.3, -0.25) is 9.59 Å². The highest BCUT2D eigenvalue weighted by atomic mass is 19.4. The summed E-state index contributed by atoms with van der Waals surface area (Å²) in [5, 5.41) is 8.53. The standard InChI is InChI=1S/C10H14F3NO4/c1-6-2-7(4-18-6)9(17)14(3-8(15)16)5-10(11,12)13/h6-7H,2-5H2,1H3,(H,15,16). The number of amides is 1. The molecule has 2 unspecified atom stereocenters. The smallest absolute Gasteiger partial charge is 0.406 e. The Morgan fingerprint density at radius 1 is 1.44 bits per heavy atom. The molecule has 104 valence electrons. The number of rotatable bonds is 4. The fraction of sp³-hybridized carbons (Fsp3) is 0.800. The van der Waals surface area contributed by atoms with Gasteiger partial charge in [0, 0.05) is 0 Å². The van der Waals surface area contributed by atoms with Gasteiger partial charge in [-0.1, -0.05) is 0 Å². The van der Waals surface area contributed by atoms with Gasteiger partial charge >= 0.3 is 12.1 Å². The lowest BCUT2D eigenvalue weighted by atomic mass is 10.0. The summed E-state index contributed by atoms with van der Waals surface area (Å²) in [5.41, 5.74) is 0. The molecule has 1 rings (SSSR count). The van der Waals surface area contributed by atoms with E-state index in [4.69, 9.17) is 9.84 Å². The maximum atomic E-state index is 12.3. The van der Waals surface area contributed by atoms with Crippen LogP contribution in [0.2, 0.25) is 0 Å². The van der Waals surface area contributed by atoms with Crippen LogP contribution in [0.5, 0.6) is 0 Å². The first-order valence-electron chi connectivity index (χ1n) is 5.38. The molecule has 0 saturated carbocycles. The Morgan fingerprint density at radius 2 is 2.06 bits per heavy atom. The molecule has 18 heavy (non-hydrogen) atoms. The van der Waals surface area contributed by atoms with E-state index in [1.54, 1.807) is 6.92 Å². The lowest BCUT2D eigenvalue weighted by molar-refractivity contribution is -0.168. The summed E-state index contributed by atoms with van der Waals surface area (Å²) in [7, 11) is 0. The van der Waals surface area contributed by atoms with Crippen molar-refractivity contribution >= 4 is 11.9 Å². The zero-order chi connectivity index (χ0) is 13.9. The summed E-state index contributed by atoms with van der Waals surface area (Å²) in [5.74, 6) is -2.99. The normalized spacial score (nSPS) is 24.0. The van der Waals surface area contributed by atoms with E-state index < -0.39 is 37.1 Å². The van der Waals surface area contributed by atoms with Crippen LogP contribution in [0.1, 0.15) is 13.3 Å². The Morgan fingerprint density at radius 3 is 2.44 bits per heavy atom. The second-order valence-electron chi connectivity index (χ2n) is 4.28.